The molecule has 0 aromatic carbocycles. The molecule has 4 heteroatoms. The van der Waals surface area contributed by atoms with Crippen molar-refractivity contribution in [2.24, 2.45) is 5.41 Å². The van der Waals surface area contributed by atoms with Crippen LogP contribution < -0.4 is 10.6 Å². The third kappa shape index (κ3) is 3.55. The molecule has 0 spiro atoms. The number of nitrogens with zero attached hydrogens (tertiary/aromatic N) is 1. The Morgan fingerprint density at radius 2 is 2.10 bits per heavy atom. The van der Waals surface area contributed by atoms with Crippen molar-refractivity contribution < 1.29 is 4.79 Å². The first-order valence-corrected chi connectivity index (χ1v) is 7.84. The first kappa shape index (κ1) is 15.8. The molecule has 0 saturated heterocycles. The highest BCUT2D eigenvalue weighted by Gasteiger charge is 2.35. The van der Waals surface area contributed by atoms with E-state index >= 15 is 0 Å². The number of carbonyl (C=O) groups is 1. The molecule has 1 saturated carbocycles. The van der Waals surface area contributed by atoms with Crippen LogP contribution in [0.15, 0.2) is 12.1 Å². The number of anilines is 1. The van der Waals surface area contributed by atoms with E-state index in [-0.39, 0.29) is 17.4 Å². The van der Waals surface area contributed by atoms with E-state index in [4.69, 9.17) is 0 Å². The number of amides is 1. The van der Waals surface area contributed by atoms with E-state index in [1.807, 2.05) is 19.2 Å². The summed E-state index contributed by atoms with van der Waals surface area (Å²) in [6.45, 7) is 8.64. The molecule has 1 aromatic heterocycles. The van der Waals surface area contributed by atoms with Gasteiger partial charge in [0, 0.05) is 24.3 Å². The van der Waals surface area contributed by atoms with Crippen molar-refractivity contribution in [1.29, 1.82) is 0 Å². The van der Waals surface area contributed by atoms with E-state index < -0.39 is 0 Å². The number of aromatic nitrogens is 1. The van der Waals surface area contributed by atoms with Crippen molar-refractivity contribution >= 4 is 11.7 Å². The fraction of sp³-hybridized carbons (Fsp3) is 0.647. The largest absolute Gasteiger partial charge is 0.373 e. The predicted molar refractivity (Wildman–Crippen MR) is 86.8 cm³/mol. The lowest BCUT2D eigenvalue weighted by Gasteiger charge is -2.28. The van der Waals surface area contributed by atoms with Gasteiger partial charge in [-0.15, -0.1) is 0 Å². The second-order valence-corrected chi connectivity index (χ2v) is 6.98. The molecule has 2 rings (SSSR count). The topological polar surface area (TPSA) is 54.0 Å². The molecule has 4 nitrogen and oxygen atoms in total. The standard InChI is InChI=1S/C17H27N3O/c1-11(2)13-9-12(10-15(18-5)19-13)16(21)20-14-7-6-8-17(14,3)4/h9-11,14H,6-8H2,1-5H3,(H,18,19)(H,20,21). The second kappa shape index (κ2) is 6.04. The maximum absolute atomic E-state index is 12.6. The minimum Gasteiger partial charge on any atom is -0.373 e. The number of hydrogen-bond acceptors (Lipinski definition) is 3. The molecule has 1 unspecified atom stereocenters. The number of pyridine rings is 1. The van der Waals surface area contributed by atoms with E-state index in [0.717, 1.165) is 17.9 Å². The van der Waals surface area contributed by atoms with Gasteiger partial charge in [-0.2, -0.15) is 0 Å². The van der Waals surface area contributed by atoms with Crippen molar-refractivity contribution in [3.63, 3.8) is 0 Å². The lowest BCUT2D eigenvalue weighted by Crippen LogP contribution is -2.41. The van der Waals surface area contributed by atoms with Gasteiger partial charge in [0.2, 0.25) is 0 Å². The van der Waals surface area contributed by atoms with Crippen LogP contribution in [0, 0.1) is 5.41 Å². The van der Waals surface area contributed by atoms with Crippen LogP contribution in [-0.4, -0.2) is 24.0 Å². The zero-order chi connectivity index (χ0) is 15.6. The summed E-state index contributed by atoms with van der Waals surface area (Å²) >= 11 is 0. The highest BCUT2D eigenvalue weighted by molar-refractivity contribution is 5.95. The molecule has 0 aliphatic heterocycles. The smallest absolute Gasteiger partial charge is 0.251 e. The lowest BCUT2D eigenvalue weighted by molar-refractivity contribution is 0.0910. The highest BCUT2D eigenvalue weighted by Crippen LogP contribution is 2.37. The van der Waals surface area contributed by atoms with Crippen LogP contribution in [0.1, 0.15) is 68.9 Å². The monoisotopic (exact) mass is 289 g/mol. The molecule has 1 aromatic rings. The number of nitrogens with one attached hydrogen (secondary N) is 2. The van der Waals surface area contributed by atoms with Gasteiger partial charge in [0.25, 0.3) is 5.91 Å². The first-order valence-electron chi connectivity index (χ1n) is 7.84. The van der Waals surface area contributed by atoms with E-state index in [2.05, 4.69) is 43.3 Å². The SMILES string of the molecule is CNc1cc(C(=O)NC2CCCC2(C)C)cc(C(C)C)n1. The van der Waals surface area contributed by atoms with Crippen molar-refractivity contribution in [3.8, 4) is 0 Å². The minimum absolute atomic E-state index is 0.00998. The van der Waals surface area contributed by atoms with Gasteiger partial charge in [-0.05, 0) is 36.3 Å². The van der Waals surface area contributed by atoms with Crippen LogP contribution in [0.2, 0.25) is 0 Å². The molecule has 1 atom stereocenters. The molecule has 1 aliphatic rings. The Morgan fingerprint density at radius 3 is 2.62 bits per heavy atom. The summed E-state index contributed by atoms with van der Waals surface area (Å²) in [7, 11) is 1.83. The summed E-state index contributed by atoms with van der Waals surface area (Å²) < 4.78 is 0. The Kier molecular flexibility index (Phi) is 4.55. The van der Waals surface area contributed by atoms with Crippen LogP contribution in [0.5, 0.6) is 0 Å². The van der Waals surface area contributed by atoms with Gasteiger partial charge < -0.3 is 10.6 Å². The van der Waals surface area contributed by atoms with Crippen molar-refractivity contribution in [2.75, 3.05) is 12.4 Å². The summed E-state index contributed by atoms with van der Waals surface area (Å²) in [5.41, 5.74) is 1.83. The van der Waals surface area contributed by atoms with E-state index in [1.165, 1.54) is 12.8 Å². The van der Waals surface area contributed by atoms with Gasteiger partial charge in [0.1, 0.15) is 5.82 Å². The Morgan fingerprint density at radius 1 is 1.38 bits per heavy atom. The molecule has 1 heterocycles. The average molecular weight is 289 g/mol. The van der Waals surface area contributed by atoms with Crippen LogP contribution in [-0.2, 0) is 0 Å². The van der Waals surface area contributed by atoms with E-state index in [1.54, 1.807) is 0 Å². The summed E-state index contributed by atoms with van der Waals surface area (Å²) in [6, 6.07) is 3.99. The summed E-state index contributed by atoms with van der Waals surface area (Å²) in [5, 5.41) is 6.24. The molecule has 1 aliphatic carbocycles. The molecule has 116 valence electrons. The lowest BCUT2D eigenvalue weighted by atomic mass is 9.87. The quantitative estimate of drug-likeness (QED) is 0.891. The third-order valence-electron chi connectivity index (χ3n) is 4.52. The minimum atomic E-state index is 0.00998. The summed E-state index contributed by atoms with van der Waals surface area (Å²) in [5.74, 6) is 1.06. The van der Waals surface area contributed by atoms with Crippen molar-refractivity contribution in [1.82, 2.24) is 10.3 Å². The van der Waals surface area contributed by atoms with Crippen LogP contribution in [0.3, 0.4) is 0 Å². The molecule has 0 radical (unpaired) electrons. The number of carbonyl (C=O) groups excluding carboxylic acids is 1. The Bertz CT molecular complexity index is 523. The normalized spacial score (nSPS) is 20.6. The summed E-state index contributed by atoms with van der Waals surface area (Å²) in [6.07, 6.45) is 3.43. The van der Waals surface area contributed by atoms with E-state index in [0.29, 0.717) is 11.5 Å². The molecule has 1 amide bonds. The Hall–Kier alpha value is -1.58. The number of rotatable bonds is 4. The van der Waals surface area contributed by atoms with Crippen LogP contribution in [0.4, 0.5) is 5.82 Å². The van der Waals surface area contributed by atoms with Gasteiger partial charge in [-0.1, -0.05) is 34.1 Å². The first-order chi connectivity index (χ1) is 9.83. The van der Waals surface area contributed by atoms with Gasteiger partial charge in [-0.3, -0.25) is 4.79 Å². The number of hydrogen-bond donors (Lipinski definition) is 2. The zero-order valence-corrected chi connectivity index (χ0v) is 13.8. The molecule has 21 heavy (non-hydrogen) atoms. The predicted octanol–water partition coefficient (Wildman–Crippen LogP) is 3.56. The van der Waals surface area contributed by atoms with Gasteiger partial charge in [0.15, 0.2) is 0 Å². The maximum Gasteiger partial charge on any atom is 0.251 e. The molecule has 1 fully saturated rings. The third-order valence-corrected chi connectivity index (χ3v) is 4.52. The fourth-order valence-corrected chi connectivity index (χ4v) is 2.94. The Labute approximate surface area is 127 Å². The molecule has 0 bridgehead atoms. The highest BCUT2D eigenvalue weighted by atomic mass is 16.1. The summed E-state index contributed by atoms with van der Waals surface area (Å²) in [4.78, 5) is 17.1. The van der Waals surface area contributed by atoms with E-state index in [9.17, 15) is 4.79 Å². The zero-order valence-electron chi connectivity index (χ0n) is 13.8. The second-order valence-electron chi connectivity index (χ2n) is 6.98. The van der Waals surface area contributed by atoms with Crippen LogP contribution in [0.25, 0.3) is 0 Å². The average Bonchev–Trinajstić information content (AvgIpc) is 2.77. The molecule has 2 N–H and O–H groups in total. The van der Waals surface area contributed by atoms with Crippen molar-refractivity contribution in [2.45, 2.75) is 58.9 Å². The molecular weight excluding hydrogens is 262 g/mol. The fourth-order valence-electron chi connectivity index (χ4n) is 2.94. The van der Waals surface area contributed by atoms with Gasteiger partial charge in [0.05, 0.1) is 0 Å². The van der Waals surface area contributed by atoms with Gasteiger partial charge in [-0.25, -0.2) is 4.98 Å². The maximum atomic E-state index is 12.6. The molecular formula is C17H27N3O. The van der Waals surface area contributed by atoms with Crippen LogP contribution >= 0.6 is 0 Å². The van der Waals surface area contributed by atoms with Crippen molar-refractivity contribution in [3.05, 3.63) is 23.4 Å². The Balaban J connectivity index is 2.20. The van der Waals surface area contributed by atoms with Gasteiger partial charge >= 0.3 is 0 Å².